The Morgan fingerprint density at radius 3 is 1.55 bits per heavy atom. The highest BCUT2D eigenvalue weighted by atomic mass is 16.6. The summed E-state index contributed by atoms with van der Waals surface area (Å²) in [6, 6.07) is 31.1. The number of nitrogens with one attached hydrogen (secondary N) is 5. The number of hydrogen-bond donors (Lipinski definition) is 6. The monoisotopic (exact) mass is 894 g/mol. The van der Waals surface area contributed by atoms with Gasteiger partial charge in [-0.05, 0) is 53.8 Å². The molecular formula is C47H58N8O10. The van der Waals surface area contributed by atoms with E-state index in [-0.39, 0.29) is 39.4 Å². The molecule has 5 amide bonds. The van der Waals surface area contributed by atoms with Gasteiger partial charge in [0.05, 0.1) is 65.9 Å². The predicted octanol–water partition coefficient (Wildman–Crippen LogP) is 3.88. The van der Waals surface area contributed by atoms with Crippen LogP contribution in [0.5, 0.6) is 0 Å². The lowest BCUT2D eigenvalue weighted by molar-refractivity contribution is -0.133. The number of amides is 5. The maximum absolute atomic E-state index is 14.4. The molecule has 0 saturated carbocycles. The molecule has 4 aromatic rings. The molecule has 0 aliphatic heterocycles. The van der Waals surface area contributed by atoms with Crippen molar-refractivity contribution in [2.45, 2.75) is 57.0 Å². The fraction of sp³-hybridized carbons (Fsp3) is 0.383. The quantitative estimate of drug-likeness (QED) is 0.0151. The van der Waals surface area contributed by atoms with E-state index in [4.69, 9.17) is 24.5 Å². The molecule has 0 aromatic heterocycles. The zero-order valence-corrected chi connectivity index (χ0v) is 36.7. The van der Waals surface area contributed by atoms with Gasteiger partial charge >= 0.3 is 0 Å². The first kappa shape index (κ1) is 51.0. The van der Waals surface area contributed by atoms with Crippen molar-refractivity contribution < 1.29 is 48.0 Å². The van der Waals surface area contributed by atoms with Crippen molar-refractivity contribution in [3.05, 3.63) is 148 Å². The third kappa shape index (κ3) is 17.1. The number of hydrogen-bond acceptors (Lipinski definition) is 11. The molecule has 346 valence electrons. The van der Waals surface area contributed by atoms with Crippen molar-refractivity contribution in [1.82, 2.24) is 21.3 Å². The van der Waals surface area contributed by atoms with E-state index < -0.39 is 59.6 Å². The second-order valence-electron chi connectivity index (χ2n) is 14.7. The Labute approximate surface area is 378 Å². The highest BCUT2D eigenvalue weighted by Gasteiger charge is 2.39. The van der Waals surface area contributed by atoms with E-state index in [2.05, 4.69) is 36.6 Å². The van der Waals surface area contributed by atoms with Gasteiger partial charge in [0.25, 0.3) is 0 Å². The molecular weight excluding hydrogens is 837 g/mol. The Morgan fingerprint density at radius 1 is 0.600 bits per heavy atom. The molecule has 3 atom stereocenters. The van der Waals surface area contributed by atoms with Gasteiger partial charge in [0.1, 0.15) is 23.7 Å². The van der Waals surface area contributed by atoms with Crippen molar-refractivity contribution in [3.63, 3.8) is 0 Å². The number of carbonyl (C=O) groups excluding carboxylic acids is 5. The average molecular weight is 895 g/mol. The van der Waals surface area contributed by atoms with E-state index in [0.717, 1.165) is 16.7 Å². The molecule has 65 heavy (non-hydrogen) atoms. The molecule has 0 fully saturated rings. The smallest absolute Gasteiger partial charge is 0.247 e. The van der Waals surface area contributed by atoms with Crippen LogP contribution in [0.25, 0.3) is 10.4 Å². The van der Waals surface area contributed by atoms with Gasteiger partial charge in [0.15, 0.2) is 0 Å². The van der Waals surface area contributed by atoms with Crippen molar-refractivity contribution in [2.75, 3.05) is 64.7 Å². The van der Waals surface area contributed by atoms with Gasteiger partial charge < -0.3 is 50.6 Å². The first-order valence-electron chi connectivity index (χ1n) is 21.3. The molecule has 4 aromatic carbocycles. The summed E-state index contributed by atoms with van der Waals surface area (Å²) in [5.74, 6) is -3.12. The molecule has 0 unspecified atom stereocenters. The van der Waals surface area contributed by atoms with Crippen molar-refractivity contribution in [1.29, 1.82) is 0 Å². The summed E-state index contributed by atoms with van der Waals surface area (Å²) in [5.41, 5.74) is 10.3. The Hall–Kier alpha value is -6.66. The molecule has 0 spiro atoms. The highest BCUT2D eigenvalue weighted by molar-refractivity contribution is 6.01. The van der Waals surface area contributed by atoms with Crippen molar-refractivity contribution in [2.24, 2.45) is 5.11 Å². The number of benzene rings is 4. The third-order valence-electron chi connectivity index (χ3n) is 9.89. The first-order chi connectivity index (χ1) is 31.6. The minimum absolute atomic E-state index is 0.0296. The summed E-state index contributed by atoms with van der Waals surface area (Å²) in [6.07, 6.45) is -0.520. The number of aliphatic hydroxyl groups is 1. The van der Waals surface area contributed by atoms with E-state index in [1.165, 1.54) is 13.8 Å². The Bertz CT molecular complexity index is 2030. The van der Waals surface area contributed by atoms with Gasteiger partial charge in [-0.1, -0.05) is 108 Å². The normalized spacial score (nSPS) is 12.4. The lowest BCUT2D eigenvalue weighted by atomic mass is 9.77. The second kappa shape index (κ2) is 28.2. The fourth-order valence-electron chi connectivity index (χ4n) is 6.52. The number of rotatable bonds is 29. The molecule has 18 nitrogen and oxygen atoms in total. The van der Waals surface area contributed by atoms with E-state index in [1.54, 1.807) is 24.3 Å². The molecule has 0 radical (unpaired) electrons. The van der Waals surface area contributed by atoms with Gasteiger partial charge in [-0.15, -0.1) is 0 Å². The largest absolute Gasteiger partial charge is 0.392 e. The van der Waals surface area contributed by atoms with Crippen LogP contribution in [0.3, 0.4) is 0 Å². The van der Waals surface area contributed by atoms with Crippen LogP contribution in [0, 0.1) is 0 Å². The van der Waals surface area contributed by atoms with Crippen LogP contribution in [0.2, 0.25) is 0 Å². The zero-order chi connectivity index (χ0) is 46.7. The molecule has 0 aliphatic rings. The van der Waals surface area contributed by atoms with Gasteiger partial charge in [-0.3, -0.25) is 24.0 Å². The fourth-order valence-corrected chi connectivity index (χ4v) is 6.52. The van der Waals surface area contributed by atoms with Crippen molar-refractivity contribution >= 4 is 35.2 Å². The van der Waals surface area contributed by atoms with E-state index >= 15 is 0 Å². The zero-order valence-electron chi connectivity index (χ0n) is 36.7. The maximum Gasteiger partial charge on any atom is 0.247 e. The Kier molecular flexibility index (Phi) is 22.1. The second-order valence-corrected chi connectivity index (χ2v) is 14.7. The predicted molar refractivity (Wildman–Crippen MR) is 242 cm³/mol. The topological polar surface area (TPSA) is 251 Å². The van der Waals surface area contributed by atoms with Crippen LogP contribution in [-0.2, 0) is 55.1 Å². The molecule has 18 heteroatoms. The molecule has 0 heterocycles. The molecule has 0 aliphatic carbocycles. The van der Waals surface area contributed by atoms with Crippen LogP contribution in [0.1, 0.15) is 48.9 Å². The minimum atomic E-state index is -1.41. The summed E-state index contributed by atoms with van der Waals surface area (Å²) in [6.45, 7) is 5.32. The average Bonchev–Trinajstić information content (AvgIpc) is 3.32. The van der Waals surface area contributed by atoms with Crippen molar-refractivity contribution in [3.8, 4) is 0 Å². The Balaban J connectivity index is 1.33. The third-order valence-corrected chi connectivity index (χ3v) is 9.89. The number of aliphatic hydroxyl groups excluding tert-OH is 1. The van der Waals surface area contributed by atoms with Crippen LogP contribution in [0.4, 0.5) is 5.69 Å². The first-order valence-corrected chi connectivity index (χ1v) is 21.3. The lowest BCUT2D eigenvalue weighted by Gasteiger charge is -2.37. The minimum Gasteiger partial charge on any atom is -0.392 e. The van der Waals surface area contributed by atoms with Crippen LogP contribution < -0.4 is 26.6 Å². The SMILES string of the molecule is C[C@H](NC(=O)CCOCCOCCOCCOCCN=[N+]=[N-])C(=O)N[C@@H](C)C(=O)N[C@@H](CC(=O)NC(c1ccccc1)(c1ccccc1)c1ccccc1)C(=O)Nc1ccc(CO)cc1. The number of nitrogens with zero attached hydrogens (tertiary/aromatic N) is 3. The number of ether oxygens (including phenoxy) is 4. The number of carbonyl (C=O) groups is 5. The van der Waals surface area contributed by atoms with Gasteiger partial charge in [-0.25, -0.2) is 0 Å². The van der Waals surface area contributed by atoms with Gasteiger partial charge in [-0.2, -0.15) is 0 Å². The molecule has 0 bridgehead atoms. The summed E-state index contributed by atoms with van der Waals surface area (Å²) in [4.78, 5) is 70.3. The molecule has 6 N–H and O–H groups in total. The van der Waals surface area contributed by atoms with Crippen LogP contribution >= 0.6 is 0 Å². The standard InChI is InChI=1S/C47H58N8O10/c1-34(50-42(57)22-24-62-26-28-64-30-31-65-29-27-63-25-23-49-55-48)44(59)51-35(2)45(60)53-41(46(61)52-40-20-18-36(33-56)19-21-40)32-43(58)54-47(37-12-6-3-7-13-37,38-14-8-4-9-15-38)39-16-10-5-11-17-39/h3-21,34-35,41,56H,22-33H2,1-2H3,(H,50,57)(H,51,59)(H,52,61)(H,53,60)(H,54,58)/t34-,35-,41-/m0/s1. The van der Waals surface area contributed by atoms with E-state index in [9.17, 15) is 29.1 Å². The molecule has 4 rings (SSSR count). The van der Waals surface area contributed by atoms with Crippen LogP contribution in [-0.4, -0.2) is 112 Å². The Morgan fingerprint density at radius 2 is 1.06 bits per heavy atom. The maximum atomic E-state index is 14.4. The number of azide groups is 1. The number of anilines is 1. The highest BCUT2D eigenvalue weighted by Crippen LogP contribution is 2.37. The summed E-state index contributed by atoms with van der Waals surface area (Å²) in [7, 11) is 0. The summed E-state index contributed by atoms with van der Waals surface area (Å²) < 4.78 is 21.5. The van der Waals surface area contributed by atoms with Gasteiger partial charge in [0.2, 0.25) is 29.5 Å². The summed E-state index contributed by atoms with van der Waals surface area (Å²) >= 11 is 0. The lowest BCUT2D eigenvalue weighted by Crippen LogP contribution is -2.56. The summed E-state index contributed by atoms with van der Waals surface area (Å²) in [5, 5.41) is 26.6. The van der Waals surface area contributed by atoms with E-state index in [0.29, 0.717) is 44.3 Å². The molecule has 0 saturated heterocycles. The van der Waals surface area contributed by atoms with Gasteiger partial charge in [0, 0.05) is 23.6 Å². The van der Waals surface area contributed by atoms with E-state index in [1.807, 2.05) is 91.0 Å². The van der Waals surface area contributed by atoms with Crippen LogP contribution in [0.15, 0.2) is 120 Å².